The molecule has 56 heavy (non-hydrogen) atoms. The molecule has 0 spiro atoms. The molecule has 0 radical (unpaired) electrons. The third-order valence-corrected chi connectivity index (χ3v) is 11.8. The molecule has 4 saturated heterocycles. The van der Waals surface area contributed by atoms with Gasteiger partial charge in [-0.3, -0.25) is 39.1 Å². The van der Waals surface area contributed by atoms with Crippen LogP contribution in [0.5, 0.6) is 5.75 Å². The van der Waals surface area contributed by atoms with E-state index in [9.17, 15) is 24.0 Å². The fourth-order valence-electron chi connectivity index (χ4n) is 8.60. The number of hydrogen-bond donors (Lipinski definition) is 2. The predicted molar refractivity (Wildman–Crippen MR) is 204 cm³/mol. The number of nitrogens with one attached hydrogen (secondary N) is 2. The number of fused-ring (bicyclic) bond motifs is 3. The number of piperidine rings is 2. The van der Waals surface area contributed by atoms with E-state index >= 15 is 0 Å². The third-order valence-electron chi connectivity index (χ3n) is 11.5. The van der Waals surface area contributed by atoms with Crippen LogP contribution >= 0.6 is 11.6 Å². The van der Waals surface area contributed by atoms with Crippen molar-refractivity contribution in [1.29, 1.82) is 5.26 Å². The maximum Gasteiger partial charge on any atom is 0.262 e. The predicted octanol–water partition coefficient (Wildman–Crippen LogP) is 3.63. The highest BCUT2D eigenvalue weighted by Gasteiger charge is 2.46. The number of amides is 5. The molecule has 5 aliphatic rings. The molecule has 15 nitrogen and oxygen atoms in total. The Balaban J connectivity index is 0.754. The van der Waals surface area contributed by atoms with Gasteiger partial charge in [0.05, 0.1) is 27.3 Å². The molecule has 5 amide bonds. The Morgan fingerprint density at radius 1 is 0.929 bits per heavy atom. The quantitative estimate of drug-likeness (QED) is 0.214. The van der Waals surface area contributed by atoms with Crippen molar-refractivity contribution in [3.8, 4) is 11.8 Å². The van der Waals surface area contributed by atoms with Crippen LogP contribution in [-0.2, 0) is 9.59 Å². The number of piperazine rings is 1. The summed E-state index contributed by atoms with van der Waals surface area (Å²) in [6, 6.07) is 11.4. The van der Waals surface area contributed by atoms with Crippen LogP contribution in [0.15, 0.2) is 48.8 Å². The minimum absolute atomic E-state index is 0.0324. The van der Waals surface area contributed by atoms with Gasteiger partial charge in [-0.2, -0.15) is 5.26 Å². The first-order valence-corrected chi connectivity index (χ1v) is 19.6. The van der Waals surface area contributed by atoms with Gasteiger partial charge in [0.1, 0.15) is 24.0 Å². The summed E-state index contributed by atoms with van der Waals surface area (Å²) in [4.78, 5) is 80.3. The number of anilines is 2. The molecule has 2 bridgehead atoms. The lowest BCUT2D eigenvalue weighted by molar-refractivity contribution is -0.136. The second-order valence-electron chi connectivity index (χ2n) is 15.0. The van der Waals surface area contributed by atoms with Crippen molar-refractivity contribution in [3.63, 3.8) is 0 Å². The van der Waals surface area contributed by atoms with Crippen molar-refractivity contribution in [1.82, 2.24) is 30.0 Å². The van der Waals surface area contributed by atoms with Crippen LogP contribution < -0.4 is 20.3 Å². The number of hydrogen-bond acceptors (Lipinski definition) is 12. The normalized spacial score (nSPS) is 23.5. The molecule has 8 rings (SSSR count). The largest absolute Gasteiger partial charge is 0.490 e. The molecule has 2 N–H and O–H groups in total. The average Bonchev–Trinajstić information content (AvgIpc) is 3.61. The van der Waals surface area contributed by atoms with E-state index in [-0.39, 0.29) is 48.1 Å². The molecule has 3 atom stereocenters. The molecule has 2 aromatic carbocycles. The summed E-state index contributed by atoms with van der Waals surface area (Å²) in [5.74, 6) is -0.845. The number of benzene rings is 2. The average molecular weight is 780 g/mol. The third kappa shape index (κ3) is 7.50. The Morgan fingerprint density at radius 2 is 1.66 bits per heavy atom. The molecule has 0 saturated carbocycles. The monoisotopic (exact) mass is 779 g/mol. The number of unbranched alkanes of at least 4 members (excludes halogenated alkanes) is 1. The minimum Gasteiger partial charge on any atom is -0.490 e. The van der Waals surface area contributed by atoms with E-state index in [2.05, 4.69) is 36.5 Å². The summed E-state index contributed by atoms with van der Waals surface area (Å²) in [6.07, 6.45) is 8.67. The highest BCUT2D eigenvalue weighted by atomic mass is 35.5. The smallest absolute Gasteiger partial charge is 0.262 e. The highest BCUT2D eigenvalue weighted by Crippen LogP contribution is 2.39. The molecular formula is C40H42ClN9O6. The van der Waals surface area contributed by atoms with Crippen LogP contribution in [0.2, 0.25) is 5.02 Å². The van der Waals surface area contributed by atoms with Gasteiger partial charge in [0.25, 0.3) is 17.7 Å². The Labute approximate surface area is 328 Å². The zero-order chi connectivity index (χ0) is 38.9. The number of ether oxygens (including phenoxy) is 1. The van der Waals surface area contributed by atoms with E-state index in [1.807, 2.05) is 4.90 Å². The lowest BCUT2D eigenvalue weighted by atomic mass is 9.98. The molecule has 3 aromatic rings. The van der Waals surface area contributed by atoms with E-state index in [1.165, 1.54) is 0 Å². The molecule has 290 valence electrons. The topological polar surface area (TPSA) is 181 Å². The first-order chi connectivity index (χ1) is 27.2. The van der Waals surface area contributed by atoms with Crippen molar-refractivity contribution >= 4 is 52.8 Å². The lowest BCUT2D eigenvalue weighted by Crippen LogP contribution is -2.54. The van der Waals surface area contributed by atoms with Crippen LogP contribution in [0.25, 0.3) is 0 Å². The van der Waals surface area contributed by atoms with Gasteiger partial charge in [-0.1, -0.05) is 11.6 Å². The molecule has 3 unspecified atom stereocenters. The zero-order valence-electron chi connectivity index (χ0n) is 30.8. The van der Waals surface area contributed by atoms with Crippen LogP contribution in [0.3, 0.4) is 0 Å². The van der Waals surface area contributed by atoms with Crippen LogP contribution in [0, 0.1) is 11.3 Å². The maximum absolute atomic E-state index is 13.6. The Kier molecular flexibility index (Phi) is 10.6. The molecule has 16 heteroatoms. The van der Waals surface area contributed by atoms with Gasteiger partial charge in [-0.05, 0) is 69.0 Å². The number of aromatic nitrogens is 2. The number of halogens is 1. The number of carbonyl (C=O) groups excluding carboxylic acids is 5. The number of rotatable bonds is 11. The van der Waals surface area contributed by atoms with E-state index in [0.717, 1.165) is 81.8 Å². The number of carbonyl (C=O) groups is 5. The van der Waals surface area contributed by atoms with Gasteiger partial charge in [0.2, 0.25) is 17.8 Å². The van der Waals surface area contributed by atoms with Gasteiger partial charge in [0.15, 0.2) is 0 Å². The van der Waals surface area contributed by atoms with Gasteiger partial charge in [0, 0.05) is 88.2 Å². The van der Waals surface area contributed by atoms with Crippen molar-refractivity contribution in [2.75, 3.05) is 49.5 Å². The van der Waals surface area contributed by atoms with Gasteiger partial charge < -0.3 is 19.9 Å². The summed E-state index contributed by atoms with van der Waals surface area (Å²) in [7, 11) is 0. The van der Waals surface area contributed by atoms with Crippen molar-refractivity contribution < 1.29 is 28.7 Å². The van der Waals surface area contributed by atoms with Gasteiger partial charge >= 0.3 is 0 Å². The summed E-state index contributed by atoms with van der Waals surface area (Å²) in [5, 5.41) is 15.1. The summed E-state index contributed by atoms with van der Waals surface area (Å²) < 4.78 is 6.23. The highest BCUT2D eigenvalue weighted by molar-refractivity contribution is 6.31. The van der Waals surface area contributed by atoms with E-state index in [1.54, 1.807) is 48.8 Å². The lowest BCUT2D eigenvalue weighted by Gasteiger charge is -2.39. The van der Waals surface area contributed by atoms with E-state index in [4.69, 9.17) is 21.6 Å². The van der Waals surface area contributed by atoms with Crippen LogP contribution in [0.1, 0.15) is 88.0 Å². The minimum atomic E-state index is -0.983. The zero-order valence-corrected chi connectivity index (χ0v) is 31.5. The molecule has 4 fully saturated rings. The number of nitrogens with zero attached hydrogens (tertiary/aromatic N) is 7. The first kappa shape index (κ1) is 37.3. The van der Waals surface area contributed by atoms with Crippen molar-refractivity contribution in [3.05, 3.63) is 76.1 Å². The SMILES string of the molecule is N#Cc1ccc(OC2CC3CCC(C2)N3C(=O)c2cnc(N3CCN(CCCCNc4ccc5c(c4)C(=O)N(C4CCC(=O)NC4=O)C5=O)CC3)nc2)cc1Cl. The molecule has 0 aliphatic carbocycles. The second kappa shape index (κ2) is 15.9. The molecule has 6 heterocycles. The van der Waals surface area contributed by atoms with Crippen molar-refractivity contribution in [2.45, 2.75) is 75.6 Å². The van der Waals surface area contributed by atoms with Crippen LogP contribution in [0.4, 0.5) is 11.6 Å². The summed E-state index contributed by atoms with van der Waals surface area (Å²) >= 11 is 6.20. The Hall–Kier alpha value is -5.59. The second-order valence-corrected chi connectivity index (χ2v) is 15.4. The Morgan fingerprint density at radius 3 is 2.36 bits per heavy atom. The summed E-state index contributed by atoms with van der Waals surface area (Å²) in [5.41, 5.74) is 2.15. The fourth-order valence-corrected chi connectivity index (χ4v) is 8.81. The molecular weight excluding hydrogens is 738 g/mol. The summed E-state index contributed by atoms with van der Waals surface area (Å²) in [6.45, 7) is 4.94. The van der Waals surface area contributed by atoms with Crippen LogP contribution in [-0.4, -0.2) is 118 Å². The number of imide groups is 2. The van der Waals surface area contributed by atoms with Gasteiger partial charge in [-0.15, -0.1) is 0 Å². The molecule has 5 aliphatic heterocycles. The first-order valence-electron chi connectivity index (χ1n) is 19.2. The van der Waals surface area contributed by atoms with E-state index in [0.29, 0.717) is 34.4 Å². The number of nitriles is 1. The van der Waals surface area contributed by atoms with E-state index < -0.39 is 29.7 Å². The fraction of sp³-hybridized carbons (Fsp3) is 0.450. The van der Waals surface area contributed by atoms with Crippen molar-refractivity contribution in [2.24, 2.45) is 0 Å². The van der Waals surface area contributed by atoms with Gasteiger partial charge in [-0.25, -0.2) is 9.97 Å². The molecule has 1 aromatic heterocycles. The Bertz CT molecular complexity index is 2090. The standard InChI is InChI=1S/C40H42ClN9O6/c41-33-20-29(7-3-24(33)21-42)56-30-18-27-5-6-28(19-30)49(27)37(53)25-22-44-40(45-23-25)48-15-13-47(14-16-48)12-2-1-11-43-26-4-8-31-32(17-26)39(55)50(38(31)54)34-9-10-35(51)46-36(34)52/h3-4,7-8,17,20,22-23,27-28,30,34,43H,1-2,5-6,9-16,18-19H2,(H,46,51,52). The maximum atomic E-state index is 13.6.